The molecule has 6 nitrogen and oxygen atoms in total. The average Bonchev–Trinajstić information content (AvgIpc) is 2.82. The van der Waals surface area contributed by atoms with Crippen molar-refractivity contribution in [2.45, 2.75) is 51.0 Å². The minimum absolute atomic E-state index is 0. The number of esters is 1. The molecule has 7 heteroatoms. The van der Waals surface area contributed by atoms with Crippen molar-refractivity contribution >= 4 is 24.3 Å². The van der Waals surface area contributed by atoms with E-state index in [-0.39, 0.29) is 31.9 Å². The minimum atomic E-state index is -1.00. The Bertz CT molecular complexity index is 855. The second-order valence-corrected chi connectivity index (χ2v) is 8.27. The Hall–Kier alpha value is -2.57. The molecule has 0 amide bonds. The summed E-state index contributed by atoms with van der Waals surface area (Å²) in [5.74, 6) is -0.692. The lowest BCUT2D eigenvalue weighted by atomic mass is 10.0. The van der Waals surface area contributed by atoms with E-state index in [9.17, 15) is 9.59 Å². The summed E-state index contributed by atoms with van der Waals surface area (Å²) in [6, 6.07) is 18.3. The molecule has 1 unspecified atom stereocenters. The fourth-order valence-electron chi connectivity index (χ4n) is 3.97. The topological polar surface area (TPSA) is 76.1 Å². The number of hydrogen-bond donors (Lipinski definition) is 1. The van der Waals surface area contributed by atoms with Gasteiger partial charge in [-0.25, -0.2) is 0 Å². The molecule has 0 spiro atoms. The van der Waals surface area contributed by atoms with E-state index in [0.717, 1.165) is 50.1 Å². The van der Waals surface area contributed by atoms with Crippen molar-refractivity contribution in [1.82, 2.24) is 4.90 Å². The van der Waals surface area contributed by atoms with Crippen LogP contribution in [0.3, 0.4) is 0 Å². The molecule has 0 radical (unpaired) electrons. The molecule has 1 saturated heterocycles. The SMILES string of the molecule is Cl.O=C(O)CCC(=O)OC(COc1ccccc1CCc1ccccc1)CN1CCCCC1. The van der Waals surface area contributed by atoms with Gasteiger partial charge >= 0.3 is 11.9 Å². The van der Waals surface area contributed by atoms with Gasteiger partial charge in [0, 0.05) is 6.54 Å². The van der Waals surface area contributed by atoms with Crippen LogP contribution in [0.25, 0.3) is 0 Å². The van der Waals surface area contributed by atoms with Crippen LogP contribution < -0.4 is 4.74 Å². The van der Waals surface area contributed by atoms with Gasteiger partial charge < -0.3 is 14.6 Å². The molecule has 180 valence electrons. The summed E-state index contributed by atoms with van der Waals surface area (Å²) in [5, 5.41) is 8.83. The molecule has 2 aromatic carbocycles. The Labute approximate surface area is 202 Å². The lowest BCUT2D eigenvalue weighted by Gasteiger charge is -2.30. The first-order valence-corrected chi connectivity index (χ1v) is 11.5. The maximum absolute atomic E-state index is 12.2. The molecule has 1 heterocycles. The molecular weight excluding hydrogens is 442 g/mol. The molecule has 2 aromatic rings. The molecule has 33 heavy (non-hydrogen) atoms. The highest BCUT2D eigenvalue weighted by molar-refractivity contribution is 5.85. The van der Waals surface area contributed by atoms with Crippen LogP contribution in [0.5, 0.6) is 5.75 Å². The first kappa shape index (κ1) is 26.7. The number of para-hydroxylation sites is 1. The van der Waals surface area contributed by atoms with Crippen LogP contribution >= 0.6 is 12.4 Å². The molecule has 1 aliphatic heterocycles. The van der Waals surface area contributed by atoms with Crippen LogP contribution in [0.2, 0.25) is 0 Å². The third-order valence-electron chi connectivity index (χ3n) is 5.67. The maximum Gasteiger partial charge on any atom is 0.306 e. The standard InChI is InChI=1S/C26H33NO5.ClH/c28-25(29)15-16-26(30)32-23(19-27-17-7-2-8-18-27)20-31-24-12-6-5-11-22(24)14-13-21-9-3-1-4-10-21;/h1,3-6,9-12,23H,2,7-8,13-20H2,(H,28,29);1H. The number of ether oxygens (including phenoxy) is 2. The Balaban J connectivity index is 0.00000385. The Morgan fingerprint density at radius 3 is 2.33 bits per heavy atom. The number of carbonyl (C=O) groups is 2. The number of carbonyl (C=O) groups excluding carboxylic acids is 1. The summed E-state index contributed by atoms with van der Waals surface area (Å²) in [4.78, 5) is 25.3. The summed E-state index contributed by atoms with van der Waals surface area (Å²) in [7, 11) is 0. The smallest absolute Gasteiger partial charge is 0.306 e. The van der Waals surface area contributed by atoms with Gasteiger partial charge in [0.05, 0.1) is 12.8 Å². The molecule has 0 aromatic heterocycles. The lowest BCUT2D eigenvalue weighted by molar-refractivity contribution is -0.154. The van der Waals surface area contributed by atoms with Gasteiger partial charge in [-0.3, -0.25) is 14.5 Å². The van der Waals surface area contributed by atoms with Crippen LogP contribution in [0.4, 0.5) is 0 Å². The predicted molar refractivity (Wildman–Crippen MR) is 130 cm³/mol. The van der Waals surface area contributed by atoms with Crippen LogP contribution in [-0.4, -0.2) is 54.3 Å². The number of nitrogens with zero attached hydrogens (tertiary/aromatic N) is 1. The van der Waals surface area contributed by atoms with Crippen LogP contribution in [0, 0.1) is 0 Å². The average molecular weight is 476 g/mol. The molecule has 0 saturated carbocycles. The summed E-state index contributed by atoms with van der Waals surface area (Å²) in [6.45, 7) is 2.82. The Morgan fingerprint density at radius 1 is 0.909 bits per heavy atom. The van der Waals surface area contributed by atoms with Crippen molar-refractivity contribution in [1.29, 1.82) is 0 Å². The highest BCUT2D eigenvalue weighted by atomic mass is 35.5. The van der Waals surface area contributed by atoms with Crippen molar-refractivity contribution in [3.63, 3.8) is 0 Å². The molecule has 1 atom stereocenters. The zero-order chi connectivity index (χ0) is 22.6. The molecular formula is C26H34ClNO5. The predicted octanol–water partition coefficient (Wildman–Crippen LogP) is 4.53. The molecule has 1 fully saturated rings. The summed E-state index contributed by atoms with van der Waals surface area (Å²) in [6.07, 6.45) is 4.50. The fourth-order valence-corrected chi connectivity index (χ4v) is 3.97. The number of hydrogen-bond acceptors (Lipinski definition) is 5. The number of carboxylic acids is 1. The number of aryl methyl sites for hydroxylation is 2. The zero-order valence-electron chi connectivity index (χ0n) is 19.0. The van der Waals surface area contributed by atoms with Gasteiger partial charge in [-0.1, -0.05) is 55.0 Å². The van der Waals surface area contributed by atoms with Crippen molar-refractivity contribution in [2.24, 2.45) is 0 Å². The van der Waals surface area contributed by atoms with Crippen LogP contribution in [0.15, 0.2) is 54.6 Å². The van der Waals surface area contributed by atoms with Crippen LogP contribution in [0.1, 0.15) is 43.2 Å². The third kappa shape index (κ3) is 9.84. The van der Waals surface area contributed by atoms with E-state index < -0.39 is 18.0 Å². The third-order valence-corrected chi connectivity index (χ3v) is 5.67. The van der Waals surface area contributed by atoms with Gasteiger partial charge in [0.2, 0.25) is 0 Å². The van der Waals surface area contributed by atoms with E-state index in [0.29, 0.717) is 6.54 Å². The largest absolute Gasteiger partial charge is 0.489 e. The monoisotopic (exact) mass is 475 g/mol. The Morgan fingerprint density at radius 2 is 1.61 bits per heavy atom. The highest BCUT2D eigenvalue weighted by Gasteiger charge is 2.21. The number of carboxylic acid groups (broad SMARTS) is 1. The van der Waals surface area contributed by atoms with Crippen molar-refractivity contribution < 1.29 is 24.2 Å². The maximum atomic E-state index is 12.2. The first-order valence-electron chi connectivity index (χ1n) is 11.5. The molecule has 1 N–H and O–H groups in total. The summed E-state index contributed by atoms with van der Waals surface area (Å²) < 4.78 is 11.8. The second-order valence-electron chi connectivity index (χ2n) is 8.27. The molecule has 1 aliphatic rings. The second kappa shape index (κ2) is 14.6. The van der Waals surface area contributed by atoms with Gasteiger partial charge in [-0.15, -0.1) is 12.4 Å². The van der Waals surface area contributed by atoms with Gasteiger partial charge in [0.1, 0.15) is 18.5 Å². The van der Waals surface area contributed by atoms with Gasteiger partial charge in [0.25, 0.3) is 0 Å². The Kier molecular flexibility index (Phi) is 11.8. The lowest BCUT2D eigenvalue weighted by Crippen LogP contribution is -2.41. The number of benzene rings is 2. The molecule has 0 aliphatic carbocycles. The van der Waals surface area contributed by atoms with E-state index in [1.165, 1.54) is 12.0 Å². The number of aliphatic carboxylic acids is 1. The fraction of sp³-hybridized carbons (Fsp3) is 0.462. The van der Waals surface area contributed by atoms with E-state index in [1.54, 1.807) is 0 Å². The normalized spacial score (nSPS) is 14.7. The molecule has 0 bridgehead atoms. The summed E-state index contributed by atoms with van der Waals surface area (Å²) >= 11 is 0. The van der Waals surface area contributed by atoms with Gasteiger partial charge in [-0.2, -0.15) is 0 Å². The van der Waals surface area contributed by atoms with Crippen molar-refractivity contribution in [3.05, 3.63) is 65.7 Å². The van der Waals surface area contributed by atoms with Crippen molar-refractivity contribution in [3.8, 4) is 5.75 Å². The molecule has 3 rings (SSSR count). The number of likely N-dealkylation sites (tertiary alicyclic amines) is 1. The van der Waals surface area contributed by atoms with E-state index in [4.69, 9.17) is 14.6 Å². The number of halogens is 1. The van der Waals surface area contributed by atoms with Crippen LogP contribution in [-0.2, 0) is 27.2 Å². The quantitative estimate of drug-likeness (QED) is 0.454. The van der Waals surface area contributed by atoms with E-state index in [2.05, 4.69) is 23.1 Å². The minimum Gasteiger partial charge on any atom is -0.489 e. The zero-order valence-corrected chi connectivity index (χ0v) is 19.8. The number of rotatable bonds is 12. The van der Waals surface area contributed by atoms with Gasteiger partial charge in [-0.05, 0) is 56.0 Å². The van der Waals surface area contributed by atoms with E-state index in [1.807, 2.05) is 36.4 Å². The highest BCUT2D eigenvalue weighted by Crippen LogP contribution is 2.21. The van der Waals surface area contributed by atoms with Crippen molar-refractivity contribution in [2.75, 3.05) is 26.2 Å². The number of piperidine rings is 1. The summed E-state index contributed by atoms with van der Waals surface area (Å²) in [5.41, 5.74) is 2.39. The van der Waals surface area contributed by atoms with E-state index >= 15 is 0 Å². The van der Waals surface area contributed by atoms with Gasteiger partial charge in [0.15, 0.2) is 0 Å². The first-order chi connectivity index (χ1) is 15.6.